The summed E-state index contributed by atoms with van der Waals surface area (Å²) >= 11 is 0. The number of fused-ring (bicyclic) bond motifs is 1. The highest BCUT2D eigenvalue weighted by Gasteiger charge is 2.27. The first-order valence-corrected chi connectivity index (χ1v) is 8.93. The number of likely N-dealkylation sites (N-methyl/N-ethyl adjacent to an activating group) is 1. The normalized spacial score (nSPS) is 22.5. The number of benzene rings is 2. The molecule has 2 aromatic rings. The Balaban J connectivity index is 1.61. The lowest BCUT2D eigenvalue weighted by Crippen LogP contribution is -2.53. The summed E-state index contributed by atoms with van der Waals surface area (Å²) in [5.41, 5.74) is 3.91. The number of nitrogens with zero attached hydrogens (tertiary/aromatic N) is 3. The number of anilines is 2. The summed E-state index contributed by atoms with van der Waals surface area (Å²) in [5, 5.41) is 8.79. The van der Waals surface area contributed by atoms with Crippen LogP contribution < -0.4 is 10.3 Å². The standard InChI is InChI=1S/C20H26N4/c1-22-13-15-23(16-14-22)24-12-11-18(17-7-3-2-4-8-17)21-19-9-5-6-10-20(19)24/h2-10,18,21H,11-16H2,1H3. The van der Waals surface area contributed by atoms with Crippen molar-refractivity contribution in [1.82, 2.24) is 9.91 Å². The molecule has 2 aromatic carbocycles. The van der Waals surface area contributed by atoms with Crippen LogP contribution in [-0.4, -0.2) is 49.7 Å². The highest BCUT2D eigenvalue weighted by atomic mass is 15.6. The molecule has 0 spiro atoms. The van der Waals surface area contributed by atoms with Gasteiger partial charge in [0.2, 0.25) is 0 Å². The van der Waals surface area contributed by atoms with Crippen molar-refractivity contribution < 1.29 is 0 Å². The summed E-state index contributed by atoms with van der Waals surface area (Å²) in [6, 6.07) is 19.9. The first kappa shape index (κ1) is 15.5. The van der Waals surface area contributed by atoms with Crippen LogP contribution in [-0.2, 0) is 0 Å². The third-order valence-electron chi connectivity index (χ3n) is 5.16. The van der Waals surface area contributed by atoms with E-state index >= 15 is 0 Å². The summed E-state index contributed by atoms with van der Waals surface area (Å²) in [4.78, 5) is 2.41. The highest BCUT2D eigenvalue weighted by Crippen LogP contribution is 2.35. The van der Waals surface area contributed by atoms with E-state index in [9.17, 15) is 0 Å². The quantitative estimate of drug-likeness (QED) is 0.916. The Kier molecular flexibility index (Phi) is 4.41. The first-order chi connectivity index (χ1) is 11.8. The number of para-hydroxylation sites is 2. The molecule has 2 aliphatic heterocycles. The molecule has 2 aliphatic rings. The fraction of sp³-hybridized carbons (Fsp3) is 0.400. The van der Waals surface area contributed by atoms with Gasteiger partial charge in [0.05, 0.1) is 17.4 Å². The predicted octanol–water partition coefficient (Wildman–Crippen LogP) is 3.21. The molecule has 126 valence electrons. The number of hydrazine groups is 1. The van der Waals surface area contributed by atoms with Gasteiger partial charge in [-0.2, -0.15) is 0 Å². The molecule has 2 heterocycles. The molecule has 0 aliphatic carbocycles. The summed E-state index contributed by atoms with van der Waals surface area (Å²) in [6.07, 6.45) is 1.10. The van der Waals surface area contributed by atoms with E-state index in [4.69, 9.17) is 0 Å². The highest BCUT2D eigenvalue weighted by molar-refractivity contribution is 5.71. The largest absolute Gasteiger partial charge is 0.376 e. The topological polar surface area (TPSA) is 21.8 Å². The molecular formula is C20H26N4. The van der Waals surface area contributed by atoms with E-state index in [2.05, 4.69) is 81.9 Å². The Bertz CT molecular complexity index is 664. The fourth-order valence-electron chi connectivity index (χ4n) is 3.72. The minimum atomic E-state index is 0.366. The van der Waals surface area contributed by atoms with Crippen LogP contribution in [0.1, 0.15) is 18.0 Å². The lowest BCUT2D eigenvalue weighted by Gasteiger charge is -2.41. The molecule has 1 fully saturated rings. The molecule has 24 heavy (non-hydrogen) atoms. The van der Waals surface area contributed by atoms with Crippen LogP contribution in [0.15, 0.2) is 54.6 Å². The fourth-order valence-corrected chi connectivity index (χ4v) is 3.72. The van der Waals surface area contributed by atoms with Crippen molar-refractivity contribution in [2.45, 2.75) is 12.5 Å². The maximum absolute atomic E-state index is 3.77. The summed E-state index contributed by atoms with van der Waals surface area (Å²) in [5.74, 6) is 0. The van der Waals surface area contributed by atoms with Gasteiger partial charge in [0.25, 0.3) is 0 Å². The second kappa shape index (κ2) is 6.83. The maximum Gasteiger partial charge on any atom is 0.0753 e. The number of hydrogen-bond acceptors (Lipinski definition) is 4. The molecule has 4 nitrogen and oxygen atoms in total. The number of hydrogen-bond donors (Lipinski definition) is 1. The van der Waals surface area contributed by atoms with Crippen LogP contribution in [0.2, 0.25) is 0 Å². The zero-order valence-corrected chi connectivity index (χ0v) is 14.4. The van der Waals surface area contributed by atoms with Gasteiger partial charge in [-0.25, -0.2) is 5.01 Å². The lowest BCUT2D eigenvalue weighted by molar-refractivity contribution is 0.141. The zero-order valence-electron chi connectivity index (χ0n) is 14.4. The average Bonchev–Trinajstić information content (AvgIpc) is 2.83. The Morgan fingerprint density at radius 2 is 1.54 bits per heavy atom. The number of rotatable bonds is 2. The molecule has 1 atom stereocenters. The van der Waals surface area contributed by atoms with Gasteiger partial charge < -0.3 is 15.2 Å². The van der Waals surface area contributed by atoms with E-state index in [0.29, 0.717) is 6.04 Å². The SMILES string of the molecule is CN1CCN(N2CCC(c3ccccc3)Nc3ccccc32)CC1. The Labute approximate surface area is 144 Å². The van der Waals surface area contributed by atoms with Crippen molar-refractivity contribution in [3.05, 3.63) is 60.2 Å². The molecule has 0 saturated carbocycles. The molecule has 0 radical (unpaired) electrons. The van der Waals surface area contributed by atoms with E-state index in [0.717, 1.165) is 39.1 Å². The van der Waals surface area contributed by atoms with Crippen LogP contribution in [0.4, 0.5) is 11.4 Å². The van der Waals surface area contributed by atoms with Crippen LogP contribution >= 0.6 is 0 Å². The van der Waals surface area contributed by atoms with E-state index in [-0.39, 0.29) is 0 Å². The number of nitrogens with one attached hydrogen (secondary N) is 1. The minimum Gasteiger partial charge on any atom is -0.376 e. The summed E-state index contributed by atoms with van der Waals surface area (Å²) < 4.78 is 0. The molecular weight excluding hydrogens is 296 g/mol. The van der Waals surface area contributed by atoms with Gasteiger partial charge in [-0.3, -0.25) is 0 Å². The van der Waals surface area contributed by atoms with E-state index in [1.54, 1.807) is 0 Å². The van der Waals surface area contributed by atoms with Gasteiger partial charge in [-0.05, 0) is 31.2 Å². The maximum atomic E-state index is 3.77. The van der Waals surface area contributed by atoms with Crippen LogP contribution in [0.5, 0.6) is 0 Å². The van der Waals surface area contributed by atoms with Crippen molar-refractivity contribution in [2.75, 3.05) is 50.1 Å². The van der Waals surface area contributed by atoms with Gasteiger partial charge in [0.15, 0.2) is 0 Å². The smallest absolute Gasteiger partial charge is 0.0753 e. The van der Waals surface area contributed by atoms with Crippen molar-refractivity contribution in [1.29, 1.82) is 0 Å². The molecule has 1 saturated heterocycles. The third kappa shape index (κ3) is 3.12. The molecule has 0 amide bonds. The molecule has 0 aromatic heterocycles. The second-order valence-electron chi connectivity index (χ2n) is 6.79. The Morgan fingerprint density at radius 3 is 2.33 bits per heavy atom. The minimum absolute atomic E-state index is 0.366. The van der Waals surface area contributed by atoms with Gasteiger partial charge in [-0.1, -0.05) is 42.5 Å². The molecule has 1 N–H and O–H groups in total. The Hall–Kier alpha value is -2.04. The van der Waals surface area contributed by atoms with Crippen LogP contribution in [0.25, 0.3) is 0 Å². The predicted molar refractivity (Wildman–Crippen MR) is 100 cm³/mol. The Morgan fingerprint density at radius 1 is 0.833 bits per heavy atom. The monoisotopic (exact) mass is 322 g/mol. The molecule has 1 unspecified atom stereocenters. The van der Waals surface area contributed by atoms with Crippen molar-refractivity contribution in [3.8, 4) is 0 Å². The van der Waals surface area contributed by atoms with Crippen molar-refractivity contribution >= 4 is 11.4 Å². The molecule has 4 rings (SSSR count). The zero-order chi connectivity index (χ0) is 16.4. The lowest BCUT2D eigenvalue weighted by atomic mass is 10.0. The van der Waals surface area contributed by atoms with E-state index < -0.39 is 0 Å². The van der Waals surface area contributed by atoms with Gasteiger partial charge in [0, 0.05) is 32.7 Å². The van der Waals surface area contributed by atoms with Gasteiger partial charge in [0.1, 0.15) is 0 Å². The first-order valence-electron chi connectivity index (χ1n) is 8.93. The molecule has 0 bridgehead atoms. The average molecular weight is 322 g/mol. The van der Waals surface area contributed by atoms with Gasteiger partial charge in [-0.15, -0.1) is 0 Å². The third-order valence-corrected chi connectivity index (χ3v) is 5.16. The van der Waals surface area contributed by atoms with Crippen molar-refractivity contribution in [3.63, 3.8) is 0 Å². The molecule has 4 heteroatoms. The van der Waals surface area contributed by atoms with Crippen LogP contribution in [0, 0.1) is 0 Å². The second-order valence-corrected chi connectivity index (χ2v) is 6.79. The van der Waals surface area contributed by atoms with Crippen LogP contribution in [0.3, 0.4) is 0 Å². The van der Waals surface area contributed by atoms with E-state index in [1.807, 2.05) is 0 Å². The van der Waals surface area contributed by atoms with Gasteiger partial charge >= 0.3 is 0 Å². The van der Waals surface area contributed by atoms with Crippen molar-refractivity contribution in [2.24, 2.45) is 0 Å². The number of piperazine rings is 1. The summed E-state index contributed by atoms with van der Waals surface area (Å²) in [7, 11) is 2.21. The summed E-state index contributed by atoms with van der Waals surface area (Å²) in [6.45, 7) is 5.51. The van der Waals surface area contributed by atoms with E-state index in [1.165, 1.54) is 16.9 Å².